The fourth-order valence-corrected chi connectivity index (χ4v) is 10.2. The highest BCUT2D eigenvalue weighted by Crippen LogP contribution is 2.43. The Morgan fingerprint density at radius 1 is 0.459 bits per heavy atom. The Morgan fingerprint density at radius 2 is 0.784 bits per heavy atom. The predicted octanol–water partition coefficient (Wildman–Crippen LogP) is 19.9. The number of unbranched alkanes of at least 4 members (excludes halogenated alkanes) is 40. The van der Waals surface area contributed by atoms with Crippen molar-refractivity contribution in [1.82, 2.24) is 5.32 Å². The number of carbonyl (C=O) groups is 1. The van der Waals surface area contributed by atoms with Crippen molar-refractivity contribution < 1.29 is 32.9 Å². The number of carbonyl (C=O) groups excluding carboxylic acids is 1. The van der Waals surface area contributed by atoms with Gasteiger partial charge < -0.3 is 19.8 Å². The van der Waals surface area contributed by atoms with Gasteiger partial charge in [0, 0.05) is 6.42 Å². The van der Waals surface area contributed by atoms with Crippen molar-refractivity contribution in [2.24, 2.45) is 0 Å². The van der Waals surface area contributed by atoms with Crippen LogP contribution >= 0.6 is 7.82 Å². The van der Waals surface area contributed by atoms with Crippen molar-refractivity contribution in [3.63, 3.8) is 0 Å². The predicted molar refractivity (Wildman–Crippen MR) is 323 cm³/mol. The van der Waals surface area contributed by atoms with Crippen LogP contribution in [0.3, 0.4) is 0 Å². The van der Waals surface area contributed by atoms with Crippen molar-refractivity contribution in [3.05, 3.63) is 48.6 Å². The molecule has 0 aliphatic carbocycles. The number of likely N-dealkylation sites (N-methyl/N-ethyl adjacent to an activating group) is 1. The van der Waals surface area contributed by atoms with Crippen molar-refractivity contribution in [3.8, 4) is 0 Å². The minimum Gasteiger partial charge on any atom is -0.387 e. The summed E-state index contributed by atoms with van der Waals surface area (Å²) in [6, 6.07) is -0.868. The summed E-state index contributed by atoms with van der Waals surface area (Å²) in [5.74, 6) is -0.188. The van der Waals surface area contributed by atoms with Crippen LogP contribution in [0, 0.1) is 0 Å². The minimum absolute atomic E-state index is 0.0548. The highest BCUT2D eigenvalue weighted by Gasteiger charge is 2.27. The molecule has 3 N–H and O–H groups in total. The van der Waals surface area contributed by atoms with Gasteiger partial charge >= 0.3 is 7.82 Å². The molecule has 0 heterocycles. The molecule has 0 aliphatic rings. The van der Waals surface area contributed by atoms with E-state index in [4.69, 9.17) is 9.05 Å². The lowest BCUT2D eigenvalue weighted by Crippen LogP contribution is -2.45. The van der Waals surface area contributed by atoms with E-state index in [1.807, 2.05) is 27.2 Å². The molecule has 0 saturated heterocycles. The van der Waals surface area contributed by atoms with E-state index < -0.39 is 20.0 Å². The third-order valence-corrected chi connectivity index (χ3v) is 15.5. The molecule has 3 unspecified atom stereocenters. The zero-order valence-corrected chi connectivity index (χ0v) is 50.7. The molecule has 0 bridgehead atoms. The zero-order valence-electron chi connectivity index (χ0n) is 49.8. The number of hydrogen-bond acceptors (Lipinski definition) is 5. The number of hydrogen-bond donors (Lipinski definition) is 3. The summed E-state index contributed by atoms with van der Waals surface area (Å²) in [5.41, 5.74) is 0. The van der Waals surface area contributed by atoms with Crippen LogP contribution in [0.25, 0.3) is 0 Å². The van der Waals surface area contributed by atoms with E-state index in [9.17, 15) is 19.4 Å². The molecule has 0 aromatic carbocycles. The van der Waals surface area contributed by atoms with Crippen LogP contribution in [0.4, 0.5) is 0 Å². The molecule has 9 heteroatoms. The number of quaternary nitrogens is 1. The summed E-state index contributed by atoms with van der Waals surface area (Å²) in [7, 11) is 1.56. The van der Waals surface area contributed by atoms with Gasteiger partial charge in [-0.2, -0.15) is 0 Å². The number of nitrogens with one attached hydrogen (secondary N) is 1. The van der Waals surface area contributed by atoms with Crippen LogP contribution in [-0.2, 0) is 18.4 Å². The summed E-state index contributed by atoms with van der Waals surface area (Å²) >= 11 is 0. The second-order valence-electron chi connectivity index (χ2n) is 23.1. The van der Waals surface area contributed by atoms with E-state index in [1.165, 1.54) is 244 Å². The number of aliphatic hydroxyl groups excluding tert-OH is 1. The Labute approximate surface area is 460 Å². The van der Waals surface area contributed by atoms with Crippen molar-refractivity contribution >= 4 is 13.7 Å². The molecular weight excluding hydrogens is 936 g/mol. The van der Waals surface area contributed by atoms with Crippen LogP contribution in [0.1, 0.15) is 309 Å². The molecule has 1 amide bonds. The smallest absolute Gasteiger partial charge is 0.387 e. The first-order valence-electron chi connectivity index (χ1n) is 32.0. The number of amides is 1. The molecule has 0 radical (unpaired) electrons. The molecule has 3 atom stereocenters. The summed E-state index contributed by atoms with van der Waals surface area (Å²) in [4.78, 5) is 23.3. The Kier molecular flexibility index (Phi) is 55.0. The van der Waals surface area contributed by atoms with Crippen LogP contribution in [-0.4, -0.2) is 73.4 Å². The van der Waals surface area contributed by atoms with Gasteiger partial charge in [0.25, 0.3) is 0 Å². The summed E-state index contributed by atoms with van der Waals surface area (Å²) in [6.07, 6.45) is 75.3. The summed E-state index contributed by atoms with van der Waals surface area (Å²) in [5, 5.41) is 14.0. The standard InChI is InChI=1S/C65H125N2O6P/c1-6-8-10-12-14-16-18-20-22-24-26-28-29-30-31-32-33-34-35-36-37-39-40-42-44-46-48-50-52-54-56-58-64(68)63(62-73-74(70,71)72-61-60-67(3,4)5)66-65(69)59-57-55-53-51-49-47-45-43-41-38-27-25-23-21-19-17-15-13-11-9-7-2/h19,21,25,27,48,50,56,58,63-64,68H,6-18,20,22-24,26,28-47,49,51-55,57,59-62H2,1-5H3,(H-,66,69,70,71)/p+1/b21-19-,27-25-,50-48+,58-56+. The van der Waals surface area contributed by atoms with Gasteiger partial charge in [0.1, 0.15) is 13.2 Å². The zero-order chi connectivity index (χ0) is 54.2. The van der Waals surface area contributed by atoms with Gasteiger partial charge in [0.2, 0.25) is 5.91 Å². The molecule has 8 nitrogen and oxygen atoms in total. The molecule has 74 heavy (non-hydrogen) atoms. The van der Waals surface area contributed by atoms with Gasteiger partial charge in [-0.05, 0) is 64.2 Å². The number of allylic oxidation sites excluding steroid dienone is 7. The molecule has 0 aromatic heterocycles. The average molecular weight is 1060 g/mol. The molecule has 0 fully saturated rings. The Balaban J connectivity index is 4.15. The number of rotatable bonds is 59. The number of phosphoric acid groups is 1. The van der Waals surface area contributed by atoms with Gasteiger partial charge in [-0.15, -0.1) is 0 Å². The number of phosphoric ester groups is 1. The molecule has 0 saturated carbocycles. The van der Waals surface area contributed by atoms with E-state index in [2.05, 4.69) is 55.6 Å². The van der Waals surface area contributed by atoms with Gasteiger partial charge in [0.05, 0.1) is 39.9 Å². The third-order valence-electron chi connectivity index (χ3n) is 14.5. The van der Waals surface area contributed by atoms with E-state index in [0.717, 1.165) is 44.9 Å². The molecule has 436 valence electrons. The van der Waals surface area contributed by atoms with Crippen molar-refractivity contribution in [2.45, 2.75) is 321 Å². The van der Waals surface area contributed by atoms with Gasteiger partial charge in [-0.1, -0.05) is 287 Å². The average Bonchev–Trinajstić information content (AvgIpc) is 3.36. The maximum absolute atomic E-state index is 13.0. The maximum Gasteiger partial charge on any atom is 0.472 e. The topological polar surface area (TPSA) is 105 Å². The third kappa shape index (κ3) is 58.1. The Bertz CT molecular complexity index is 1340. The molecule has 0 spiro atoms. The molecular formula is C65H126N2O6P+. The maximum atomic E-state index is 13.0. The largest absolute Gasteiger partial charge is 0.472 e. The van der Waals surface area contributed by atoms with Crippen molar-refractivity contribution in [1.29, 1.82) is 0 Å². The second-order valence-corrected chi connectivity index (χ2v) is 24.6. The van der Waals surface area contributed by atoms with Crippen LogP contribution in [0.2, 0.25) is 0 Å². The lowest BCUT2D eigenvalue weighted by Gasteiger charge is -2.25. The second kappa shape index (κ2) is 56.2. The Hall–Kier alpha value is -1.54. The summed E-state index contributed by atoms with van der Waals surface area (Å²) < 4.78 is 23.7. The van der Waals surface area contributed by atoms with Crippen LogP contribution in [0.15, 0.2) is 48.6 Å². The quantitative estimate of drug-likeness (QED) is 0.0243. The molecule has 0 aromatic rings. The van der Waals surface area contributed by atoms with Crippen molar-refractivity contribution in [2.75, 3.05) is 40.9 Å². The highest BCUT2D eigenvalue weighted by molar-refractivity contribution is 7.47. The van der Waals surface area contributed by atoms with Gasteiger partial charge in [-0.25, -0.2) is 4.57 Å². The van der Waals surface area contributed by atoms with E-state index in [0.29, 0.717) is 17.4 Å². The fourth-order valence-electron chi connectivity index (χ4n) is 9.50. The lowest BCUT2D eigenvalue weighted by molar-refractivity contribution is -0.870. The van der Waals surface area contributed by atoms with Gasteiger partial charge in [0.15, 0.2) is 0 Å². The van der Waals surface area contributed by atoms with E-state index >= 15 is 0 Å². The number of nitrogens with zero attached hydrogens (tertiary/aromatic N) is 1. The molecule has 0 rings (SSSR count). The number of aliphatic hydroxyl groups is 1. The first kappa shape index (κ1) is 72.5. The normalized spacial score (nSPS) is 14.1. The fraction of sp³-hybridized carbons (Fsp3) is 0.862. The first-order chi connectivity index (χ1) is 36.0. The van der Waals surface area contributed by atoms with E-state index in [1.54, 1.807) is 6.08 Å². The highest BCUT2D eigenvalue weighted by atomic mass is 31.2. The monoisotopic (exact) mass is 1060 g/mol. The van der Waals surface area contributed by atoms with E-state index in [-0.39, 0.29) is 19.1 Å². The first-order valence-corrected chi connectivity index (χ1v) is 33.5. The lowest BCUT2D eigenvalue weighted by atomic mass is 10.0. The minimum atomic E-state index is -4.36. The summed E-state index contributed by atoms with van der Waals surface area (Å²) in [6.45, 7) is 4.82. The van der Waals surface area contributed by atoms with Gasteiger partial charge in [-0.3, -0.25) is 13.8 Å². The van der Waals surface area contributed by atoms with Crippen LogP contribution < -0.4 is 5.32 Å². The Morgan fingerprint density at radius 3 is 1.16 bits per heavy atom. The van der Waals surface area contributed by atoms with Crippen LogP contribution in [0.5, 0.6) is 0 Å². The molecule has 0 aliphatic heterocycles. The SMILES string of the molecule is CCCCCCC/C=C\C/C=C\CCCCCCCCCCCC(=O)NC(COP(=O)(O)OCC[N+](C)(C)C)C(O)/C=C/CC/C=C/CCCCCCCCCCCCCCCCCCCCCCCCCCC.